The van der Waals surface area contributed by atoms with E-state index in [0.717, 1.165) is 0 Å². The molecule has 1 aromatic heterocycles. The Labute approximate surface area is 161 Å². The number of carbonyl (C=O) groups is 2. The van der Waals surface area contributed by atoms with E-state index in [0.29, 0.717) is 15.7 Å². The van der Waals surface area contributed by atoms with Gasteiger partial charge in [0.1, 0.15) is 16.9 Å². The van der Waals surface area contributed by atoms with Crippen LogP contribution in [0.25, 0.3) is 10.6 Å². The number of rotatable bonds is 6. The van der Waals surface area contributed by atoms with E-state index in [2.05, 4.69) is 15.5 Å². The van der Waals surface area contributed by atoms with Gasteiger partial charge < -0.3 is 10.1 Å². The summed E-state index contributed by atoms with van der Waals surface area (Å²) in [6.07, 6.45) is 0.469. The number of hydrogen-bond acceptors (Lipinski definition) is 7. The lowest BCUT2D eigenvalue weighted by atomic mass is 10.2. The molecule has 2 atom stereocenters. The van der Waals surface area contributed by atoms with Crippen molar-refractivity contribution in [3.63, 3.8) is 0 Å². The molecule has 1 aliphatic rings. The number of carbonyl (C=O) groups excluding carboxylic acids is 2. The van der Waals surface area contributed by atoms with Gasteiger partial charge in [-0.05, 0) is 18.2 Å². The Bertz CT molecular complexity index is 904. The Balaban J connectivity index is 1.75. The molecule has 0 saturated carbocycles. The van der Waals surface area contributed by atoms with Gasteiger partial charge in [-0.1, -0.05) is 11.3 Å². The number of amides is 2. The van der Waals surface area contributed by atoms with Crippen molar-refractivity contribution in [1.82, 2.24) is 15.5 Å². The van der Waals surface area contributed by atoms with Crippen LogP contribution in [-0.2, 0) is 26.1 Å². The molecule has 1 aromatic carbocycles. The van der Waals surface area contributed by atoms with E-state index >= 15 is 0 Å². The third-order valence-electron chi connectivity index (χ3n) is 3.74. The van der Waals surface area contributed by atoms with Gasteiger partial charge in [0.15, 0.2) is 5.01 Å². The predicted molar refractivity (Wildman–Crippen MR) is 99.4 cm³/mol. The van der Waals surface area contributed by atoms with E-state index in [1.54, 1.807) is 12.3 Å². The van der Waals surface area contributed by atoms with Crippen molar-refractivity contribution in [2.24, 2.45) is 0 Å². The number of nitrogens with zero attached hydrogens (tertiary/aromatic N) is 3. The van der Waals surface area contributed by atoms with E-state index in [-0.39, 0.29) is 30.3 Å². The molecular formula is C16H17FN4O4S2. The van der Waals surface area contributed by atoms with Gasteiger partial charge in [-0.3, -0.25) is 13.9 Å². The van der Waals surface area contributed by atoms with Crippen LogP contribution in [0.5, 0.6) is 0 Å². The van der Waals surface area contributed by atoms with Crippen molar-refractivity contribution in [2.45, 2.75) is 18.8 Å². The second-order valence-corrected chi connectivity index (χ2v) is 8.43. The maximum Gasteiger partial charge on any atom is 0.414 e. The molecule has 0 radical (unpaired) electrons. The van der Waals surface area contributed by atoms with E-state index in [1.165, 1.54) is 35.3 Å². The average molecular weight is 412 g/mol. The first-order chi connectivity index (χ1) is 12.8. The SMILES string of the molecule is CC(=O)NCC1CN(c2ccc(-c3nnc(C[S@](C)=O)s3)c(F)c2)C(=O)O1. The fraction of sp³-hybridized carbons (Fsp3) is 0.375. The van der Waals surface area contributed by atoms with Gasteiger partial charge >= 0.3 is 6.09 Å². The Morgan fingerprint density at radius 2 is 2.26 bits per heavy atom. The molecule has 1 saturated heterocycles. The van der Waals surface area contributed by atoms with Crippen molar-refractivity contribution in [2.75, 3.05) is 24.2 Å². The Kier molecular flexibility index (Phi) is 5.80. The number of ether oxygens (including phenoxy) is 1. The highest BCUT2D eigenvalue weighted by molar-refractivity contribution is 7.83. The maximum absolute atomic E-state index is 14.6. The quantitative estimate of drug-likeness (QED) is 0.775. The molecule has 11 heteroatoms. The smallest absolute Gasteiger partial charge is 0.414 e. The van der Waals surface area contributed by atoms with Crippen LogP contribution >= 0.6 is 11.3 Å². The summed E-state index contributed by atoms with van der Waals surface area (Å²) in [5, 5.41) is 11.4. The number of benzene rings is 1. The van der Waals surface area contributed by atoms with Crippen molar-refractivity contribution in [3.05, 3.63) is 29.0 Å². The minimum atomic E-state index is -1.05. The lowest BCUT2D eigenvalue weighted by molar-refractivity contribution is -0.119. The first-order valence-corrected chi connectivity index (χ1v) is 10.5. The number of cyclic esters (lactones) is 1. The molecule has 3 rings (SSSR count). The highest BCUT2D eigenvalue weighted by Gasteiger charge is 2.32. The molecule has 0 bridgehead atoms. The molecule has 0 aliphatic carbocycles. The molecule has 2 aromatic rings. The summed E-state index contributed by atoms with van der Waals surface area (Å²) < 4.78 is 31.0. The third kappa shape index (κ3) is 4.66. The first kappa shape index (κ1) is 19.4. The second kappa shape index (κ2) is 8.09. The molecule has 1 N–H and O–H groups in total. The molecule has 2 heterocycles. The van der Waals surface area contributed by atoms with Gasteiger partial charge in [0.2, 0.25) is 5.91 Å². The number of halogens is 1. The zero-order chi connectivity index (χ0) is 19.6. The van der Waals surface area contributed by atoms with Crippen molar-refractivity contribution in [1.29, 1.82) is 0 Å². The van der Waals surface area contributed by atoms with Gasteiger partial charge in [0, 0.05) is 29.5 Å². The van der Waals surface area contributed by atoms with Gasteiger partial charge in [-0.25, -0.2) is 9.18 Å². The molecule has 8 nitrogen and oxygen atoms in total. The minimum Gasteiger partial charge on any atom is -0.442 e. The fourth-order valence-electron chi connectivity index (χ4n) is 2.54. The lowest BCUT2D eigenvalue weighted by Crippen LogP contribution is -2.33. The molecule has 27 heavy (non-hydrogen) atoms. The lowest BCUT2D eigenvalue weighted by Gasteiger charge is -2.14. The minimum absolute atomic E-state index is 0.199. The van der Waals surface area contributed by atoms with Crippen LogP contribution < -0.4 is 10.2 Å². The normalized spacial score (nSPS) is 17.7. The molecular weight excluding hydrogens is 395 g/mol. The predicted octanol–water partition coefficient (Wildman–Crippen LogP) is 1.68. The van der Waals surface area contributed by atoms with Crippen molar-refractivity contribution < 1.29 is 22.9 Å². The van der Waals surface area contributed by atoms with Gasteiger partial charge in [0.05, 0.1) is 24.5 Å². The summed E-state index contributed by atoms with van der Waals surface area (Å²) in [4.78, 5) is 24.3. The molecule has 2 amide bonds. The molecule has 0 spiro atoms. The third-order valence-corrected chi connectivity index (χ3v) is 5.56. The number of hydrogen-bond donors (Lipinski definition) is 1. The van der Waals surface area contributed by atoms with E-state index in [4.69, 9.17) is 4.74 Å². The Hall–Kier alpha value is -2.40. The first-order valence-electron chi connectivity index (χ1n) is 7.98. The van der Waals surface area contributed by atoms with Gasteiger partial charge in [-0.15, -0.1) is 10.2 Å². The van der Waals surface area contributed by atoms with Crippen LogP contribution in [-0.4, -0.2) is 51.9 Å². The number of anilines is 1. The largest absolute Gasteiger partial charge is 0.442 e. The van der Waals surface area contributed by atoms with E-state index < -0.39 is 28.8 Å². The van der Waals surface area contributed by atoms with Crippen molar-refractivity contribution in [3.8, 4) is 10.6 Å². The molecule has 144 valence electrons. The topological polar surface area (TPSA) is 101 Å². The summed E-state index contributed by atoms with van der Waals surface area (Å²) in [6, 6.07) is 4.35. The summed E-state index contributed by atoms with van der Waals surface area (Å²) in [6.45, 7) is 1.79. The summed E-state index contributed by atoms with van der Waals surface area (Å²) in [7, 11) is -1.05. The summed E-state index contributed by atoms with van der Waals surface area (Å²) in [5.41, 5.74) is 0.609. The summed E-state index contributed by atoms with van der Waals surface area (Å²) >= 11 is 1.18. The van der Waals surface area contributed by atoms with Crippen LogP contribution in [0.3, 0.4) is 0 Å². The maximum atomic E-state index is 14.6. The highest BCUT2D eigenvalue weighted by Crippen LogP contribution is 2.31. The number of aromatic nitrogens is 2. The van der Waals surface area contributed by atoms with Gasteiger partial charge in [-0.2, -0.15) is 0 Å². The standard InChI is InChI=1S/C16H17FN4O4S2/c1-9(22)18-6-11-7-21(16(23)25-11)10-3-4-12(13(17)5-10)15-20-19-14(26-15)8-27(2)24/h3-5,11H,6-8H2,1-2H3,(H,18,22)/t11?,27-/m0/s1. The Morgan fingerprint density at radius 1 is 1.48 bits per heavy atom. The fourth-order valence-corrected chi connectivity index (χ4v) is 4.34. The summed E-state index contributed by atoms with van der Waals surface area (Å²) in [5.74, 6) is -0.499. The van der Waals surface area contributed by atoms with Crippen LogP contribution in [0.15, 0.2) is 18.2 Å². The van der Waals surface area contributed by atoms with E-state index in [1.807, 2.05) is 0 Å². The van der Waals surface area contributed by atoms with Crippen molar-refractivity contribution >= 4 is 39.8 Å². The highest BCUT2D eigenvalue weighted by atomic mass is 32.2. The monoisotopic (exact) mass is 412 g/mol. The second-order valence-electron chi connectivity index (χ2n) is 5.94. The van der Waals surface area contributed by atoms with Crippen LogP contribution in [0, 0.1) is 5.82 Å². The average Bonchev–Trinajstić information content (AvgIpc) is 3.19. The number of nitrogens with one attached hydrogen (secondary N) is 1. The van der Waals surface area contributed by atoms with E-state index in [9.17, 15) is 18.2 Å². The molecule has 1 aliphatic heterocycles. The van der Waals surface area contributed by atoms with Crippen LogP contribution in [0.4, 0.5) is 14.9 Å². The van der Waals surface area contributed by atoms with Crippen LogP contribution in [0.2, 0.25) is 0 Å². The molecule has 1 fully saturated rings. The van der Waals surface area contributed by atoms with Crippen LogP contribution in [0.1, 0.15) is 11.9 Å². The Morgan fingerprint density at radius 3 is 2.93 bits per heavy atom. The van der Waals surface area contributed by atoms with Gasteiger partial charge in [0.25, 0.3) is 0 Å². The molecule has 1 unspecified atom stereocenters. The zero-order valence-electron chi connectivity index (χ0n) is 14.6. The zero-order valence-corrected chi connectivity index (χ0v) is 16.2.